The number of hydrogen-bond donors (Lipinski definition) is 1. The molecule has 0 radical (unpaired) electrons. The van der Waals surface area contributed by atoms with Gasteiger partial charge in [-0.15, -0.1) is 0 Å². The van der Waals surface area contributed by atoms with Crippen molar-refractivity contribution >= 4 is 0 Å². The molecular weight excluding hydrogens is 188 g/mol. The maximum absolute atomic E-state index is 5.40. The van der Waals surface area contributed by atoms with Crippen LogP contribution in [0.4, 0.5) is 0 Å². The standard InChI is InChI=1S/C12H18N2O/c1-3-4-7-15-10-12-6-5-11(8-13-2)9-14-12/h3-6,9,13H,7-8,10H2,1-2H3. The van der Waals surface area contributed by atoms with Crippen molar-refractivity contribution in [2.24, 2.45) is 0 Å². The minimum atomic E-state index is 0.574. The molecule has 0 saturated heterocycles. The fraction of sp³-hybridized carbons (Fsp3) is 0.417. The molecule has 1 aromatic heterocycles. The van der Waals surface area contributed by atoms with Crippen LogP contribution in [-0.2, 0) is 17.9 Å². The smallest absolute Gasteiger partial charge is 0.0892 e. The van der Waals surface area contributed by atoms with Gasteiger partial charge >= 0.3 is 0 Å². The maximum atomic E-state index is 5.40. The van der Waals surface area contributed by atoms with E-state index in [9.17, 15) is 0 Å². The first-order valence-electron chi connectivity index (χ1n) is 5.14. The predicted octanol–water partition coefficient (Wildman–Crippen LogP) is 1.89. The number of allylic oxidation sites excluding steroid dienone is 1. The molecule has 0 aliphatic heterocycles. The van der Waals surface area contributed by atoms with Crippen LogP contribution in [0, 0.1) is 0 Å². The second kappa shape index (κ2) is 7.15. The van der Waals surface area contributed by atoms with Gasteiger partial charge in [-0.25, -0.2) is 0 Å². The summed E-state index contributed by atoms with van der Waals surface area (Å²) in [5, 5.41) is 3.08. The summed E-state index contributed by atoms with van der Waals surface area (Å²) in [4.78, 5) is 4.31. The number of rotatable bonds is 6. The van der Waals surface area contributed by atoms with E-state index in [0.29, 0.717) is 13.2 Å². The Morgan fingerprint density at radius 3 is 2.93 bits per heavy atom. The predicted molar refractivity (Wildman–Crippen MR) is 61.5 cm³/mol. The lowest BCUT2D eigenvalue weighted by atomic mass is 10.2. The topological polar surface area (TPSA) is 34.1 Å². The highest BCUT2D eigenvalue weighted by atomic mass is 16.5. The fourth-order valence-electron chi connectivity index (χ4n) is 1.18. The molecule has 0 fully saturated rings. The van der Waals surface area contributed by atoms with Crippen LogP contribution in [0.3, 0.4) is 0 Å². The van der Waals surface area contributed by atoms with E-state index in [0.717, 1.165) is 12.2 Å². The van der Waals surface area contributed by atoms with Crippen molar-refractivity contribution in [3.8, 4) is 0 Å². The van der Waals surface area contributed by atoms with Crippen LogP contribution < -0.4 is 5.32 Å². The normalized spacial score (nSPS) is 11.1. The van der Waals surface area contributed by atoms with E-state index in [1.807, 2.05) is 38.4 Å². The van der Waals surface area contributed by atoms with E-state index < -0.39 is 0 Å². The number of pyridine rings is 1. The average Bonchev–Trinajstić information content (AvgIpc) is 2.27. The molecule has 3 nitrogen and oxygen atoms in total. The Morgan fingerprint density at radius 1 is 1.47 bits per heavy atom. The highest BCUT2D eigenvalue weighted by Crippen LogP contribution is 2.01. The van der Waals surface area contributed by atoms with Gasteiger partial charge in [-0.2, -0.15) is 0 Å². The quantitative estimate of drug-likeness (QED) is 0.570. The fourth-order valence-corrected chi connectivity index (χ4v) is 1.18. The first kappa shape index (κ1) is 11.9. The SMILES string of the molecule is CC=CCOCc1ccc(CNC)cn1. The lowest BCUT2D eigenvalue weighted by molar-refractivity contribution is 0.145. The molecule has 0 atom stereocenters. The van der Waals surface area contributed by atoms with Gasteiger partial charge in [-0.05, 0) is 25.6 Å². The van der Waals surface area contributed by atoms with Crippen LogP contribution in [0.2, 0.25) is 0 Å². The summed E-state index contributed by atoms with van der Waals surface area (Å²) in [6.45, 7) is 4.06. The summed E-state index contributed by atoms with van der Waals surface area (Å²) in [5.74, 6) is 0. The lowest BCUT2D eigenvalue weighted by Gasteiger charge is -2.03. The molecule has 0 aliphatic carbocycles. The molecule has 0 saturated carbocycles. The minimum Gasteiger partial charge on any atom is -0.371 e. The molecule has 0 amide bonds. The number of nitrogens with one attached hydrogen (secondary N) is 1. The van der Waals surface area contributed by atoms with Gasteiger partial charge in [-0.3, -0.25) is 4.98 Å². The van der Waals surface area contributed by atoms with Gasteiger partial charge in [0.25, 0.3) is 0 Å². The van der Waals surface area contributed by atoms with Crippen LogP contribution in [0.5, 0.6) is 0 Å². The second-order valence-electron chi connectivity index (χ2n) is 3.27. The summed E-state index contributed by atoms with van der Waals surface area (Å²) in [6.07, 6.45) is 5.84. The Balaban J connectivity index is 2.35. The summed E-state index contributed by atoms with van der Waals surface area (Å²) >= 11 is 0. The monoisotopic (exact) mass is 206 g/mol. The molecule has 0 unspecified atom stereocenters. The molecule has 1 rings (SSSR count). The Bertz CT molecular complexity index is 293. The molecule has 82 valence electrons. The highest BCUT2D eigenvalue weighted by molar-refractivity contribution is 5.13. The van der Waals surface area contributed by atoms with E-state index in [1.165, 1.54) is 5.56 Å². The van der Waals surface area contributed by atoms with Gasteiger partial charge in [0, 0.05) is 12.7 Å². The number of ether oxygens (including phenoxy) is 1. The third-order valence-electron chi connectivity index (χ3n) is 1.97. The van der Waals surface area contributed by atoms with Gasteiger partial charge in [0.2, 0.25) is 0 Å². The summed E-state index contributed by atoms with van der Waals surface area (Å²) in [5.41, 5.74) is 2.16. The van der Waals surface area contributed by atoms with E-state index >= 15 is 0 Å². The zero-order valence-electron chi connectivity index (χ0n) is 9.36. The molecule has 0 aromatic carbocycles. The Labute approximate surface area is 91.2 Å². The molecule has 1 N–H and O–H groups in total. The second-order valence-corrected chi connectivity index (χ2v) is 3.27. The third-order valence-corrected chi connectivity index (χ3v) is 1.97. The van der Waals surface area contributed by atoms with E-state index in [4.69, 9.17) is 4.74 Å². The number of nitrogens with zero attached hydrogens (tertiary/aromatic N) is 1. The van der Waals surface area contributed by atoms with Crippen molar-refractivity contribution in [3.05, 3.63) is 41.7 Å². The van der Waals surface area contributed by atoms with E-state index in [-0.39, 0.29) is 0 Å². The average molecular weight is 206 g/mol. The van der Waals surface area contributed by atoms with Crippen molar-refractivity contribution < 1.29 is 4.74 Å². The largest absolute Gasteiger partial charge is 0.371 e. The molecule has 1 aromatic rings. The van der Waals surface area contributed by atoms with Crippen molar-refractivity contribution in [1.82, 2.24) is 10.3 Å². The zero-order valence-corrected chi connectivity index (χ0v) is 9.36. The Morgan fingerprint density at radius 2 is 2.33 bits per heavy atom. The van der Waals surface area contributed by atoms with Crippen LogP contribution in [0.15, 0.2) is 30.5 Å². The zero-order chi connectivity index (χ0) is 10.9. The maximum Gasteiger partial charge on any atom is 0.0892 e. The first-order valence-corrected chi connectivity index (χ1v) is 5.14. The molecule has 0 bridgehead atoms. The van der Waals surface area contributed by atoms with E-state index in [1.54, 1.807) is 0 Å². The molecular formula is C12H18N2O. The molecule has 0 aliphatic rings. The van der Waals surface area contributed by atoms with Crippen LogP contribution in [-0.4, -0.2) is 18.6 Å². The number of hydrogen-bond acceptors (Lipinski definition) is 3. The van der Waals surface area contributed by atoms with Crippen LogP contribution in [0.25, 0.3) is 0 Å². The first-order chi connectivity index (χ1) is 7.36. The van der Waals surface area contributed by atoms with Crippen molar-refractivity contribution in [2.75, 3.05) is 13.7 Å². The summed E-state index contributed by atoms with van der Waals surface area (Å²) in [6, 6.07) is 4.07. The van der Waals surface area contributed by atoms with E-state index in [2.05, 4.69) is 16.4 Å². The van der Waals surface area contributed by atoms with Gasteiger partial charge in [-0.1, -0.05) is 18.2 Å². The minimum absolute atomic E-state index is 0.574. The molecule has 1 heterocycles. The third kappa shape index (κ3) is 4.72. The van der Waals surface area contributed by atoms with Gasteiger partial charge in [0.15, 0.2) is 0 Å². The lowest BCUT2D eigenvalue weighted by Crippen LogP contribution is -2.05. The highest BCUT2D eigenvalue weighted by Gasteiger charge is 1.95. The van der Waals surface area contributed by atoms with Gasteiger partial charge in [0.05, 0.1) is 18.9 Å². The molecule has 15 heavy (non-hydrogen) atoms. The van der Waals surface area contributed by atoms with Crippen LogP contribution in [0.1, 0.15) is 18.2 Å². The van der Waals surface area contributed by atoms with Crippen molar-refractivity contribution in [3.63, 3.8) is 0 Å². The van der Waals surface area contributed by atoms with Crippen molar-refractivity contribution in [1.29, 1.82) is 0 Å². The van der Waals surface area contributed by atoms with Crippen molar-refractivity contribution in [2.45, 2.75) is 20.1 Å². The number of aromatic nitrogens is 1. The Kier molecular flexibility index (Phi) is 5.66. The van der Waals surface area contributed by atoms with Crippen LogP contribution >= 0.6 is 0 Å². The van der Waals surface area contributed by atoms with Gasteiger partial charge in [0.1, 0.15) is 0 Å². The van der Waals surface area contributed by atoms with Gasteiger partial charge < -0.3 is 10.1 Å². The molecule has 0 spiro atoms. The summed E-state index contributed by atoms with van der Waals surface area (Å²) in [7, 11) is 1.92. The Hall–Kier alpha value is -1.19. The molecule has 3 heteroatoms. The summed E-state index contributed by atoms with van der Waals surface area (Å²) < 4.78 is 5.40.